The molecule has 0 saturated heterocycles. The van der Waals surface area contributed by atoms with Gasteiger partial charge in [-0.15, -0.1) is 0 Å². The van der Waals surface area contributed by atoms with E-state index in [4.69, 9.17) is 11.5 Å². The smallest absolute Gasteiger partial charge is 0.254 e. The molecule has 0 unspecified atom stereocenters. The second-order valence-electron chi connectivity index (χ2n) is 4.35. The van der Waals surface area contributed by atoms with Crippen molar-refractivity contribution in [2.24, 2.45) is 5.73 Å². The Bertz CT molecular complexity index is 640. The first-order valence-corrected chi connectivity index (χ1v) is 7.72. The van der Waals surface area contributed by atoms with Gasteiger partial charge in [-0.3, -0.25) is 9.59 Å². The summed E-state index contributed by atoms with van der Waals surface area (Å²) in [6.07, 6.45) is 1.02. The lowest BCUT2D eigenvalue weighted by molar-refractivity contribution is -0.118. The molecule has 110 valence electrons. The van der Waals surface area contributed by atoms with E-state index in [9.17, 15) is 18.0 Å². The van der Waals surface area contributed by atoms with Crippen LogP contribution in [0.1, 0.15) is 17.3 Å². The molecule has 7 nitrogen and oxygen atoms in total. The molecule has 0 aliphatic carbocycles. The highest BCUT2D eigenvalue weighted by molar-refractivity contribution is 7.90. The highest BCUT2D eigenvalue weighted by Crippen LogP contribution is 2.18. The van der Waals surface area contributed by atoms with E-state index in [1.807, 2.05) is 0 Å². The van der Waals surface area contributed by atoms with E-state index in [0.29, 0.717) is 0 Å². The number of nitrogens with zero attached hydrogens (tertiary/aromatic N) is 1. The number of hydrogen-bond donors (Lipinski definition) is 2. The molecule has 8 heteroatoms. The predicted octanol–water partition coefficient (Wildman–Crippen LogP) is -0.380. The number of sulfone groups is 1. The number of nitrogen functional groups attached to an aromatic ring is 1. The number of benzene rings is 1. The minimum absolute atomic E-state index is 0.0454. The lowest BCUT2D eigenvalue weighted by Crippen LogP contribution is -2.38. The van der Waals surface area contributed by atoms with Crippen LogP contribution in [0, 0.1) is 0 Å². The van der Waals surface area contributed by atoms with Gasteiger partial charge in [-0.1, -0.05) is 0 Å². The van der Waals surface area contributed by atoms with Gasteiger partial charge in [0, 0.05) is 24.1 Å². The van der Waals surface area contributed by atoms with E-state index in [-0.39, 0.29) is 29.2 Å². The fraction of sp³-hybridized carbons (Fsp3) is 0.333. The van der Waals surface area contributed by atoms with Gasteiger partial charge in [-0.2, -0.15) is 0 Å². The average molecular weight is 299 g/mol. The zero-order chi connectivity index (χ0) is 15.5. The normalized spacial score (nSPS) is 11.1. The summed E-state index contributed by atoms with van der Waals surface area (Å²) < 4.78 is 23.0. The molecule has 0 heterocycles. The number of hydrogen-bond acceptors (Lipinski definition) is 5. The molecule has 0 saturated carbocycles. The third kappa shape index (κ3) is 3.95. The molecule has 0 bridgehead atoms. The topological polar surface area (TPSA) is 124 Å². The monoisotopic (exact) mass is 299 g/mol. The summed E-state index contributed by atoms with van der Waals surface area (Å²) in [6.45, 7) is 1.72. The zero-order valence-corrected chi connectivity index (χ0v) is 12.1. The predicted molar refractivity (Wildman–Crippen MR) is 74.7 cm³/mol. The van der Waals surface area contributed by atoms with Gasteiger partial charge in [-0.05, 0) is 25.1 Å². The van der Waals surface area contributed by atoms with Gasteiger partial charge in [0.15, 0.2) is 9.84 Å². The van der Waals surface area contributed by atoms with Crippen molar-refractivity contribution in [3.05, 3.63) is 23.8 Å². The number of carbonyl (C=O) groups excluding carboxylic acids is 2. The van der Waals surface area contributed by atoms with E-state index in [0.717, 1.165) is 6.26 Å². The van der Waals surface area contributed by atoms with Crippen LogP contribution in [0.5, 0.6) is 0 Å². The molecule has 0 aromatic heterocycles. The molecule has 1 aromatic rings. The number of primary amides is 1. The van der Waals surface area contributed by atoms with Crippen molar-refractivity contribution in [2.75, 3.05) is 25.1 Å². The zero-order valence-electron chi connectivity index (χ0n) is 11.3. The second-order valence-corrected chi connectivity index (χ2v) is 6.36. The van der Waals surface area contributed by atoms with Gasteiger partial charge >= 0.3 is 0 Å². The van der Waals surface area contributed by atoms with Crippen LogP contribution in [0.2, 0.25) is 0 Å². The Morgan fingerprint density at radius 2 is 1.85 bits per heavy atom. The van der Waals surface area contributed by atoms with Crippen LogP contribution < -0.4 is 11.5 Å². The van der Waals surface area contributed by atoms with Crippen LogP contribution in [-0.4, -0.2) is 44.5 Å². The van der Waals surface area contributed by atoms with Gasteiger partial charge in [0.1, 0.15) is 0 Å². The van der Waals surface area contributed by atoms with E-state index in [1.54, 1.807) is 6.92 Å². The van der Waals surface area contributed by atoms with Crippen molar-refractivity contribution < 1.29 is 18.0 Å². The lowest BCUT2D eigenvalue weighted by Gasteiger charge is -2.19. The molecule has 1 rings (SSSR count). The molecule has 0 fully saturated rings. The van der Waals surface area contributed by atoms with E-state index >= 15 is 0 Å². The maximum absolute atomic E-state index is 12.2. The summed E-state index contributed by atoms with van der Waals surface area (Å²) in [6, 6.07) is 3.87. The summed E-state index contributed by atoms with van der Waals surface area (Å²) >= 11 is 0. The van der Waals surface area contributed by atoms with Crippen LogP contribution in [-0.2, 0) is 14.6 Å². The summed E-state index contributed by atoms with van der Waals surface area (Å²) in [4.78, 5) is 24.3. The summed E-state index contributed by atoms with van der Waals surface area (Å²) in [5.41, 5.74) is 10.9. The summed E-state index contributed by atoms with van der Waals surface area (Å²) in [5, 5.41) is 0. The maximum atomic E-state index is 12.2. The minimum Gasteiger partial charge on any atom is -0.399 e. The third-order valence-electron chi connectivity index (χ3n) is 2.62. The van der Waals surface area contributed by atoms with Crippen LogP contribution >= 0.6 is 0 Å². The molecule has 0 radical (unpaired) electrons. The highest BCUT2D eigenvalue weighted by atomic mass is 32.2. The number of anilines is 1. The number of carbonyl (C=O) groups is 2. The molecule has 0 aliphatic heterocycles. The third-order valence-corrected chi connectivity index (χ3v) is 3.71. The van der Waals surface area contributed by atoms with Crippen molar-refractivity contribution in [1.82, 2.24) is 4.90 Å². The van der Waals surface area contributed by atoms with E-state index in [2.05, 4.69) is 0 Å². The van der Waals surface area contributed by atoms with Crippen molar-refractivity contribution in [2.45, 2.75) is 11.8 Å². The quantitative estimate of drug-likeness (QED) is 0.717. The summed E-state index contributed by atoms with van der Waals surface area (Å²) in [5.74, 6) is -1.14. The molecule has 2 amide bonds. The van der Waals surface area contributed by atoms with Gasteiger partial charge in [0.2, 0.25) is 5.91 Å². The molecule has 1 aromatic carbocycles. The van der Waals surface area contributed by atoms with Crippen LogP contribution in [0.4, 0.5) is 5.69 Å². The molecule has 0 atom stereocenters. The Balaban J connectivity index is 3.22. The van der Waals surface area contributed by atoms with Crippen molar-refractivity contribution in [3.8, 4) is 0 Å². The fourth-order valence-corrected chi connectivity index (χ4v) is 2.35. The fourth-order valence-electron chi connectivity index (χ4n) is 1.66. The van der Waals surface area contributed by atoms with Crippen molar-refractivity contribution in [1.29, 1.82) is 0 Å². The lowest BCUT2D eigenvalue weighted by atomic mass is 10.1. The van der Waals surface area contributed by atoms with Gasteiger partial charge < -0.3 is 16.4 Å². The SMILES string of the molecule is CCN(CC(N)=O)C(=O)c1cc(N)cc(S(C)(=O)=O)c1. The molecular weight excluding hydrogens is 282 g/mol. The van der Waals surface area contributed by atoms with Crippen LogP contribution in [0.25, 0.3) is 0 Å². The van der Waals surface area contributed by atoms with E-state index in [1.165, 1.54) is 23.1 Å². The first-order chi connectivity index (χ1) is 9.15. The minimum atomic E-state index is -3.48. The van der Waals surface area contributed by atoms with Crippen LogP contribution in [0.3, 0.4) is 0 Å². The second kappa shape index (κ2) is 5.91. The van der Waals surface area contributed by atoms with Crippen molar-refractivity contribution in [3.63, 3.8) is 0 Å². The Morgan fingerprint density at radius 1 is 1.25 bits per heavy atom. The van der Waals surface area contributed by atoms with E-state index < -0.39 is 21.7 Å². The van der Waals surface area contributed by atoms with Gasteiger partial charge in [-0.25, -0.2) is 8.42 Å². The Hall–Kier alpha value is -2.09. The molecular formula is C12H17N3O4S. The van der Waals surface area contributed by atoms with Crippen LogP contribution in [0.15, 0.2) is 23.1 Å². The number of likely N-dealkylation sites (N-methyl/N-ethyl adjacent to an activating group) is 1. The Labute approximate surface area is 117 Å². The summed E-state index contributed by atoms with van der Waals surface area (Å²) in [7, 11) is -3.48. The first kappa shape index (κ1) is 16.0. The maximum Gasteiger partial charge on any atom is 0.254 e. The van der Waals surface area contributed by atoms with Crippen molar-refractivity contribution >= 4 is 27.3 Å². The molecule has 0 aliphatic rings. The first-order valence-electron chi connectivity index (χ1n) is 5.83. The number of nitrogens with two attached hydrogens (primary N) is 2. The Morgan fingerprint density at radius 3 is 2.30 bits per heavy atom. The number of amides is 2. The standard InChI is InChI=1S/C12H17N3O4S/c1-3-15(7-11(14)16)12(17)8-4-9(13)6-10(5-8)20(2,18)19/h4-6H,3,7,13H2,1-2H3,(H2,14,16). The van der Waals surface area contributed by atoms with Gasteiger partial charge in [0.05, 0.1) is 11.4 Å². The molecule has 0 spiro atoms. The van der Waals surface area contributed by atoms with Gasteiger partial charge in [0.25, 0.3) is 5.91 Å². The Kier molecular flexibility index (Phi) is 4.72. The average Bonchev–Trinajstić information content (AvgIpc) is 2.33. The molecule has 20 heavy (non-hydrogen) atoms. The largest absolute Gasteiger partial charge is 0.399 e. The highest BCUT2D eigenvalue weighted by Gasteiger charge is 2.19. The molecule has 4 N–H and O–H groups in total. The number of rotatable bonds is 5.